The van der Waals surface area contributed by atoms with Crippen molar-refractivity contribution in [3.05, 3.63) is 90.7 Å². The van der Waals surface area contributed by atoms with Crippen LogP contribution < -0.4 is 14.4 Å². The van der Waals surface area contributed by atoms with Crippen molar-refractivity contribution in [1.29, 1.82) is 0 Å². The number of methoxy groups -OCH3 is 1. The summed E-state index contributed by atoms with van der Waals surface area (Å²) in [4.78, 5) is 14.4. The van der Waals surface area contributed by atoms with Gasteiger partial charge in [0, 0.05) is 15.6 Å². The van der Waals surface area contributed by atoms with Gasteiger partial charge in [-0.15, -0.1) is 0 Å². The molecular formula is C25H15BrCl2F3NO3S2. The maximum absolute atomic E-state index is 13.2. The molecule has 1 fully saturated rings. The van der Waals surface area contributed by atoms with Crippen LogP contribution >= 0.6 is 63.1 Å². The summed E-state index contributed by atoms with van der Waals surface area (Å²) in [6, 6.07) is 12.9. The first-order valence-electron chi connectivity index (χ1n) is 10.4. The third-order valence-corrected chi connectivity index (χ3v) is 7.64. The lowest BCUT2D eigenvalue weighted by Gasteiger charge is -2.16. The third-order valence-electron chi connectivity index (χ3n) is 5.16. The first-order chi connectivity index (χ1) is 17.5. The van der Waals surface area contributed by atoms with Crippen LogP contribution in [0.4, 0.5) is 18.9 Å². The van der Waals surface area contributed by atoms with Gasteiger partial charge in [0.15, 0.2) is 15.8 Å². The Morgan fingerprint density at radius 2 is 1.89 bits per heavy atom. The Morgan fingerprint density at radius 1 is 1.14 bits per heavy atom. The van der Waals surface area contributed by atoms with E-state index >= 15 is 0 Å². The molecule has 192 valence electrons. The fourth-order valence-corrected chi connectivity index (χ4v) is 5.75. The molecule has 0 radical (unpaired) electrons. The molecule has 12 heteroatoms. The van der Waals surface area contributed by atoms with E-state index in [0.717, 1.165) is 34.4 Å². The number of alkyl halides is 3. The van der Waals surface area contributed by atoms with Gasteiger partial charge < -0.3 is 9.47 Å². The molecule has 0 bridgehead atoms. The second-order valence-corrected chi connectivity index (χ2v) is 11.0. The standard InChI is InChI=1S/C25H15BrCl2F3NO3S2/c1-34-20-8-13(7-18(26)22(20)35-12-14-5-6-16(27)11-19(14)28)9-21-23(33)32(24(36)37-21)17-4-2-3-15(10-17)25(29,30)31/h2-11H,12H2,1H3/b21-9-. The Bertz CT molecular complexity index is 1430. The van der Waals surface area contributed by atoms with Crippen molar-refractivity contribution < 1.29 is 27.4 Å². The zero-order valence-corrected chi connectivity index (χ0v) is 23.5. The minimum Gasteiger partial charge on any atom is -0.493 e. The van der Waals surface area contributed by atoms with Gasteiger partial charge in [0.05, 0.1) is 27.7 Å². The SMILES string of the molecule is COc1cc(/C=C2\SC(=S)N(c3cccc(C(F)(F)F)c3)C2=O)cc(Br)c1OCc1ccc(Cl)cc1Cl. The lowest BCUT2D eigenvalue weighted by atomic mass is 10.1. The van der Waals surface area contributed by atoms with E-state index in [1.807, 2.05) is 0 Å². The molecule has 0 spiro atoms. The number of thiocarbonyl (C=S) groups is 1. The van der Waals surface area contributed by atoms with Gasteiger partial charge in [-0.1, -0.05) is 59.3 Å². The molecule has 0 N–H and O–H groups in total. The van der Waals surface area contributed by atoms with Gasteiger partial charge >= 0.3 is 6.18 Å². The second-order valence-electron chi connectivity index (χ2n) is 7.62. The maximum atomic E-state index is 13.2. The molecule has 37 heavy (non-hydrogen) atoms. The van der Waals surface area contributed by atoms with Crippen LogP contribution in [0.5, 0.6) is 11.5 Å². The predicted octanol–water partition coefficient (Wildman–Crippen LogP) is 8.77. The zero-order chi connectivity index (χ0) is 26.9. The summed E-state index contributed by atoms with van der Waals surface area (Å²) in [7, 11) is 1.47. The van der Waals surface area contributed by atoms with Gasteiger partial charge in [-0.3, -0.25) is 9.69 Å². The highest BCUT2D eigenvalue weighted by atomic mass is 79.9. The van der Waals surface area contributed by atoms with Crippen LogP contribution in [0.15, 0.2) is 64.0 Å². The molecule has 0 aliphatic carbocycles. The molecule has 1 amide bonds. The second kappa shape index (κ2) is 11.2. The lowest BCUT2D eigenvalue weighted by molar-refractivity contribution is -0.137. The van der Waals surface area contributed by atoms with Crippen LogP contribution in [-0.2, 0) is 17.6 Å². The zero-order valence-electron chi connectivity index (χ0n) is 18.7. The lowest BCUT2D eigenvalue weighted by Crippen LogP contribution is -2.27. The average molecular weight is 649 g/mol. The number of nitrogens with zero attached hydrogens (tertiary/aromatic N) is 1. The molecule has 1 aliphatic heterocycles. The van der Waals surface area contributed by atoms with Crippen molar-refractivity contribution >= 4 is 85.1 Å². The summed E-state index contributed by atoms with van der Waals surface area (Å²) < 4.78 is 51.5. The average Bonchev–Trinajstić information content (AvgIpc) is 3.11. The van der Waals surface area contributed by atoms with Gasteiger partial charge in [0.25, 0.3) is 5.91 Å². The molecule has 4 nitrogen and oxygen atoms in total. The number of thioether (sulfide) groups is 1. The number of ether oxygens (including phenoxy) is 2. The topological polar surface area (TPSA) is 38.8 Å². The summed E-state index contributed by atoms with van der Waals surface area (Å²) in [6.45, 7) is 0.153. The molecule has 1 aliphatic rings. The Balaban J connectivity index is 1.59. The van der Waals surface area contributed by atoms with Gasteiger partial charge in [-0.25, -0.2) is 0 Å². The Morgan fingerprint density at radius 3 is 2.57 bits per heavy atom. The summed E-state index contributed by atoms with van der Waals surface area (Å²) in [5, 5.41) is 0.970. The highest BCUT2D eigenvalue weighted by molar-refractivity contribution is 9.10. The van der Waals surface area contributed by atoms with Crippen LogP contribution in [0.3, 0.4) is 0 Å². The molecular weight excluding hydrogens is 634 g/mol. The van der Waals surface area contributed by atoms with Gasteiger partial charge in [0.2, 0.25) is 0 Å². The Labute approximate surface area is 238 Å². The summed E-state index contributed by atoms with van der Waals surface area (Å²) in [6.07, 6.45) is -2.96. The number of hydrogen-bond donors (Lipinski definition) is 0. The van der Waals surface area contributed by atoms with E-state index in [9.17, 15) is 18.0 Å². The van der Waals surface area contributed by atoms with Crippen LogP contribution in [0.25, 0.3) is 6.08 Å². The number of carbonyl (C=O) groups excluding carboxylic acids is 1. The maximum Gasteiger partial charge on any atom is 0.416 e. The molecule has 0 aromatic heterocycles. The van der Waals surface area contributed by atoms with Crippen molar-refractivity contribution in [2.75, 3.05) is 12.0 Å². The van der Waals surface area contributed by atoms with Gasteiger partial charge in [0.1, 0.15) is 6.61 Å². The van der Waals surface area contributed by atoms with E-state index in [2.05, 4.69) is 15.9 Å². The van der Waals surface area contributed by atoms with Gasteiger partial charge in [-0.2, -0.15) is 13.2 Å². The van der Waals surface area contributed by atoms with E-state index in [1.54, 1.807) is 36.4 Å². The van der Waals surface area contributed by atoms with E-state index in [1.165, 1.54) is 19.2 Å². The fourth-order valence-electron chi connectivity index (χ4n) is 3.41. The molecule has 0 saturated carbocycles. The van der Waals surface area contributed by atoms with Crippen molar-refractivity contribution in [1.82, 2.24) is 0 Å². The molecule has 0 atom stereocenters. The van der Waals surface area contributed by atoms with Crippen molar-refractivity contribution in [2.24, 2.45) is 0 Å². The number of rotatable bonds is 6. The molecule has 1 heterocycles. The number of hydrogen-bond acceptors (Lipinski definition) is 5. The first-order valence-corrected chi connectivity index (χ1v) is 13.1. The summed E-state index contributed by atoms with van der Waals surface area (Å²) >= 11 is 21.9. The van der Waals surface area contributed by atoms with Gasteiger partial charge in [-0.05, 0) is 70.0 Å². The normalized spacial score (nSPS) is 15.0. The van der Waals surface area contributed by atoms with Crippen LogP contribution in [0.1, 0.15) is 16.7 Å². The van der Waals surface area contributed by atoms with Crippen LogP contribution in [0.2, 0.25) is 10.0 Å². The molecule has 3 aromatic carbocycles. The van der Waals surface area contributed by atoms with E-state index < -0.39 is 17.6 Å². The van der Waals surface area contributed by atoms with Crippen molar-refractivity contribution in [2.45, 2.75) is 12.8 Å². The molecule has 3 aromatic rings. The van der Waals surface area contributed by atoms with E-state index in [4.69, 9.17) is 44.9 Å². The summed E-state index contributed by atoms with van der Waals surface area (Å²) in [5.74, 6) is 0.281. The monoisotopic (exact) mass is 647 g/mol. The third kappa shape index (κ3) is 6.26. The predicted molar refractivity (Wildman–Crippen MR) is 149 cm³/mol. The quantitative estimate of drug-likeness (QED) is 0.197. The van der Waals surface area contributed by atoms with E-state index in [0.29, 0.717) is 31.6 Å². The first kappa shape index (κ1) is 27.8. The van der Waals surface area contributed by atoms with Crippen LogP contribution in [0, 0.1) is 0 Å². The highest BCUT2D eigenvalue weighted by Gasteiger charge is 2.36. The van der Waals surface area contributed by atoms with Crippen LogP contribution in [-0.4, -0.2) is 17.3 Å². The number of carbonyl (C=O) groups is 1. The number of anilines is 1. The molecule has 1 saturated heterocycles. The number of benzene rings is 3. The largest absolute Gasteiger partial charge is 0.493 e. The fraction of sp³-hybridized carbons (Fsp3) is 0.120. The van der Waals surface area contributed by atoms with Crippen molar-refractivity contribution in [3.63, 3.8) is 0 Å². The molecule has 4 rings (SSSR count). The minimum atomic E-state index is -4.54. The van der Waals surface area contributed by atoms with E-state index in [-0.39, 0.29) is 21.5 Å². The Kier molecular flexibility index (Phi) is 8.45. The minimum absolute atomic E-state index is 0.0455. The number of amides is 1. The molecule has 0 unspecified atom stereocenters. The Hall–Kier alpha value is -2.24. The smallest absolute Gasteiger partial charge is 0.416 e. The highest BCUT2D eigenvalue weighted by Crippen LogP contribution is 2.41. The van der Waals surface area contributed by atoms with Crippen molar-refractivity contribution in [3.8, 4) is 11.5 Å². The summed E-state index contributed by atoms with van der Waals surface area (Å²) in [5.41, 5.74) is 0.490. The number of halogens is 6.